The number of rotatable bonds is 4. The number of esters is 1. The first-order chi connectivity index (χ1) is 11.1. The smallest absolute Gasteiger partial charge is 0.331 e. The summed E-state index contributed by atoms with van der Waals surface area (Å²) in [4.78, 5) is 11.9. The Morgan fingerprint density at radius 1 is 1.26 bits per heavy atom. The normalized spacial score (nSPS) is 14.0. The van der Waals surface area contributed by atoms with E-state index in [9.17, 15) is 4.79 Å². The minimum atomic E-state index is -0.421. The topological polar surface area (TPSA) is 44.8 Å². The Morgan fingerprint density at radius 3 is 2.83 bits per heavy atom. The Bertz CT molecular complexity index is 740. The van der Waals surface area contributed by atoms with Gasteiger partial charge in [0.2, 0.25) is 6.79 Å². The van der Waals surface area contributed by atoms with Gasteiger partial charge in [0.05, 0.1) is 5.02 Å². The van der Waals surface area contributed by atoms with Crippen LogP contribution < -0.4 is 9.47 Å². The van der Waals surface area contributed by atoms with Crippen molar-refractivity contribution in [2.24, 2.45) is 0 Å². The van der Waals surface area contributed by atoms with Crippen molar-refractivity contribution < 1.29 is 19.0 Å². The van der Waals surface area contributed by atoms with Gasteiger partial charge in [-0.05, 0) is 36.3 Å². The van der Waals surface area contributed by atoms with Crippen LogP contribution in [-0.4, -0.2) is 12.8 Å². The molecular weight excluding hydrogens is 316 g/mol. The molecule has 1 atom stereocenters. The Balaban J connectivity index is 1.66. The van der Waals surface area contributed by atoms with Crippen LogP contribution in [0.25, 0.3) is 6.08 Å². The Morgan fingerprint density at radius 2 is 2.04 bits per heavy atom. The highest BCUT2D eigenvalue weighted by molar-refractivity contribution is 6.32. The van der Waals surface area contributed by atoms with Gasteiger partial charge >= 0.3 is 5.97 Å². The van der Waals surface area contributed by atoms with Crippen molar-refractivity contribution in [2.75, 3.05) is 6.79 Å². The third-order valence-electron chi connectivity index (χ3n) is 3.42. The number of benzene rings is 2. The number of fused-ring (bicyclic) bond motifs is 1. The molecule has 2 aromatic rings. The van der Waals surface area contributed by atoms with Crippen LogP contribution in [0.3, 0.4) is 0 Å². The van der Waals surface area contributed by atoms with Crippen LogP contribution in [0.5, 0.6) is 11.5 Å². The monoisotopic (exact) mass is 330 g/mol. The molecule has 4 nitrogen and oxygen atoms in total. The number of ether oxygens (including phenoxy) is 3. The summed E-state index contributed by atoms with van der Waals surface area (Å²) in [6.07, 6.45) is 2.69. The summed E-state index contributed by atoms with van der Waals surface area (Å²) in [5.74, 6) is 0.683. The molecule has 0 bridgehead atoms. The molecule has 0 saturated carbocycles. The lowest BCUT2D eigenvalue weighted by atomic mass is 10.1. The first-order valence-corrected chi connectivity index (χ1v) is 7.54. The van der Waals surface area contributed by atoms with Crippen molar-refractivity contribution >= 4 is 23.6 Å². The molecule has 1 aliphatic heterocycles. The molecule has 1 heterocycles. The fourth-order valence-corrected chi connectivity index (χ4v) is 2.53. The fourth-order valence-electron chi connectivity index (χ4n) is 2.25. The maximum absolute atomic E-state index is 11.9. The quantitative estimate of drug-likeness (QED) is 0.616. The Hall–Kier alpha value is -2.46. The minimum absolute atomic E-state index is 0.152. The van der Waals surface area contributed by atoms with Gasteiger partial charge < -0.3 is 14.2 Å². The van der Waals surface area contributed by atoms with Gasteiger partial charge in [-0.2, -0.15) is 0 Å². The molecule has 0 fully saturated rings. The van der Waals surface area contributed by atoms with Crippen LogP contribution in [0.4, 0.5) is 0 Å². The van der Waals surface area contributed by atoms with E-state index < -0.39 is 5.97 Å². The van der Waals surface area contributed by atoms with Crippen LogP contribution >= 0.6 is 11.6 Å². The number of halogens is 1. The second kappa shape index (κ2) is 6.75. The zero-order valence-electron chi connectivity index (χ0n) is 12.5. The molecule has 0 N–H and O–H groups in total. The summed E-state index contributed by atoms with van der Waals surface area (Å²) in [6, 6.07) is 13.0. The second-order valence-electron chi connectivity index (χ2n) is 5.06. The van der Waals surface area contributed by atoms with Crippen molar-refractivity contribution in [1.29, 1.82) is 0 Å². The molecule has 23 heavy (non-hydrogen) atoms. The SMILES string of the molecule is C[C@H](OC(=O)/C=C/c1cc(Cl)c2c(c1)OCO2)c1ccccc1. The van der Waals surface area contributed by atoms with Gasteiger partial charge in [0.15, 0.2) is 11.5 Å². The van der Waals surface area contributed by atoms with Crippen molar-refractivity contribution in [3.8, 4) is 11.5 Å². The molecule has 3 rings (SSSR count). The molecule has 0 aromatic heterocycles. The highest BCUT2D eigenvalue weighted by Crippen LogP contribution is 2.40. The molecule has 1 aliphatic rings. The van der Waals surface area contributed by atoms with Crippen molar-refractivity contribution in [1.82, 2.24) is 0 Å². The second-order valence-corrected chi connectivity index (χ2v) is 5.47. The van der Waals surface area contributed by atoms with Crippen LogP contribution in [0.1, 0.15) is 24.2 Å². The highest BCUT2D eigenvalue weighted by Gasteiger charge is 2.17. The standard InChI is InChI=1S/C18H15ClO4/c1-12(14-5-3-2-4-6-14)23-17(20)8-7-13-9-15(19)18-16(10-13)21-11-22-18/h2-10,12H,11H2,1H3/b8-7+/t12-/m0/s1. The van der Waals surface area contributed by atoms with Gasteiger partial charge in [0.1, 0.15) is 6.10 Å². The summed E-state index contributed by atoms with van der Waals surface area (Å²) in [5, 5.41) is 0.450. The van der Waals surface area contributed by atoms with Crippen molar-refractivity contribution in [3.05, 3.63) is 64.7 Å². The molecule has 0 unspecified atom stereocenters. The lowest BCUT2D eigenvalue weighted by Crippen LogP contribution is -2.05. The zero-order chi connectivity index (χ0) is 16.2. The van der Waals surface area contributed by atoms with Gasteiger partial charge in [0.25, 0.3) is 0 Å². The zero-order valence-corrected chi connectivity index (χ0v) is 13.2. The van der Waals surface area contributed by atoms with Crippen molar-refractivity contribution in [3.63, 3.8) is 0 Å². The van der Waals surface area contributed by atoms with E-state index in [1.807, 2.05) is 37.3 Å². The molecule has 118 valence electrons. The van der Waals surface area contributed by atoms with Gasteiger partial charge in [-0.3, -0.25) is 0 Å². The third kappa shape index (κ3) is 3.66. The molecule has 5 heteroatoms. The molecule has 0 amide bonds. The van der Waals surface area contributed by atoms with E-state index in [2.05, 4.69) is 0 Å². The van der Waals surface area contributed by atoms with Crippen LogP contribution in [0.2, 0.25) is 5.02 Å². The van der Waals surface area contributed by atoms with Gasteiger partial charge in [-0.1, -0.05) is 41.9 Å². The van der Waals surface area contributed by atoms with Gasteiger partial charge in [-0.25, -0.2) is 4.79 Å². The molecule has 0 saturated heterocycles. The molecular formula is C18H15ClO4. The van der Waals surface area contributed by atoms with E-state index in [0.717, 1.165) is 11.1 Å². The first-order valence-electron chi connectivity index (χ1n) is 7.16. The van der Waals surface area contributed by atoms with E-state index in [4.69, 9.17) is 25.8 Å². The Kier molecular flexibility index (Phi) is 4.53. The fraction of sp³-hybridized carbons (Fsp3) is 0.167. The summed E-state index contributed by atoms with van der Waals surface area (Å²) < 4.78 is 15.9. The Labute approximate surface area is 139 Å². The molecule has 0 aliphatic carbocycles. The van der Waals surface area contributed by atoms with E-state index in [1.165, 1.54) is 6.08 Å². The minimum Gasteiger partial charge on any atom is -0.455 e. The number of hydrogen-bond donors (Lipinski definition) is 0. The van der Waals surface area contributed by atoms with E-state index in [-0.39, 0.29) is 12.9 Å². The summed E-state index contributed by atoms with van der Waals surface area (Å²) in [5.41, 5.74) is 1.68. The predicted octanol–water partition coefficient (Wildman–Crippen LogP) is 4.39. The average molecular weight is 331 g/mol. The van der Waals surface area contributed by atoms with Crippen LogP contribution in [-0.2, 0) is 9.53 Å². The van der Waals surface area contributed by atoms with E-state index >= 15 is 0 Å². The average Bonchev–Trinajstić information content (AvgIpc) is 3.03. The van der Waals surface area contributed by atoms with Gasteiger partial charge in [-0.15, -0.1) is 0 Å². The van der Waals surface area contributed by atoms with Gasteiger partial charge in [0, 0.05) is 6.08 Å². The maximum Gasteiger partial charge on any atom is 0.331 e. The molecule has 0 spiro atoms. The summed E-state index contributed by atoms with van der Waals surface area (Å²) >= 11 is 6.10. The first kappa shape index (κ1) is 15.4. The lowest BCUT2D eigenvalue weighted by molar-refractivity contribution is -0.142. The largest absolute Gasteiger partial charge is 0.455 e. The van der Waals surface area contributed by atoms with Crippen LogP contribution in [0.15, 0.2) is 48.5 Å². The number of carbonyl (C=O) groups is 1. The van der Waals surface area contributed by atoms with E-state index in [1.54, 1.807) is 18.2 Å². The van der Waals surface area contributed by atoms with E-state index in [0.29, 0.717) is 16.5 Å². The third-order valence-corrected chi connectivity index (χ3v) is 3.70. The molecule has 2 aromatic carbocycles. The molecule has 0 radical (unpaired) electrons. The van der Waals surface area contributed by atoms with Crippen molar-refractivity contribution in [2.45, 2.75) is 13.0 Å². The van der Waals surface area contributed by atoms with Crippen LogP contribution in [0, 0.1) is 0 Å². The lowest BCUT2D eigenvalue weighted by Gasteiger charge is -2.11. The summed E-state index contributed by atoms with van der Waals surface area (Å²) in [6.45, 7) is 1.98. The number of hydrogen-bond acceptors (Lipinski definition) is 4. The highest BCUT2D eigenvalue weighted by atomic mass is 35.5. The summed E-state index contributed by atoms with van der Waals surface area (Å²) in [7, 11) is 0. The number of carbonyl (C=O) groups excluding carboxylic acids is 1. The predicted molar refractivity (Wildman–Crippen MR) is 87.6 cm³/mol. The maximum atomic E-state index is 11.9.